The largest absolute Gasteiger partial charge is 0.497 e. The van der Waals surface area contributed by atoms with Crippen LogP contribution in [0.4, 0.5) is 10.5 Å². The molecule has 0 bridgehead atoms. The topological polar surface area (TPSA) is 70.7 Å². The van der Waals surface area contributed by atoms with Crippen molar-refractivity contribution in [3.63, 3.8) is 0 Å². The summed E-state index contributed by atoms with van der Waals surface area (Å²) < 4.78 is 5.22. The van der Waals surface area contributed by atoms with E-state index in [1.165, 1.54) is 0 Å². The zero-order valence-corrected chi connectivity index (χ0v) is 16.6. The van der Waals surface area contributed by atoms with Crippen molar-refractivity contribution in [3.05, 3.63) is 48.5 Å². The van der Waals surface area contributed by atoms with Gasteiger partial charge in [0, 0.05) is 23.8 Å². The molecule has 148 valence electrons. The van der Waals surface area contributed by atoms with Crippen LogP contribution >= 0.6 is 0 Å². The molecule has 0 aromatic heterocycles. The van der Waals surface area contributed by atoms with Crippen molar-refractivity contribution in [1.29, 1.82) is 0 Å². The molecule has 0 saturated carbocycles. The lowest BCUT2D eigenvalue weighted by Gasteiger charge is -2.25. The first kappa shape index (κ1) is 19.7. The second-order valence-corrected chi connectivity index (χ2v) is 7.22. The standard InChI is InChI=1S/C22H27N3O3/c1-15(2)23-22(27)25-14-6-9-20(25)21(26)24-19-8-5-4-7-18(19)16-10-12-17(28-3)13-11-16/h4-5,7-8,10-13,15,20H,6,9,14H2,1-3H3,(H,23,27)(H,24,26). The molecule has 2 N–H and O–H groups in total. The molecule has 2 aromatic carbocycles. The van der Waals surface area contributed by atoms with Gasteiger partial charge in [0.05, 0.1) is 7.11 Å². The Morgan fingerprint density at radius 3 is 2.50 bits per heavy atom. The number of hydrogen-bond donors (Lipinski definition) is 2. The van der Waals surface area contributed by atoms with E-state index in [-0.39, 0.29) is 18.0 Å². The minimum Gasteiger partial charge on any atom is -0.497 e. The summed E-state index contributed by atoms with van der Waals surface area (Å²) in [5.41, 5.74) is 2.64. The second kappa shape index (κ2) is 8.78. The number of hydrogen-bond acceptors (Lipinski definition) is 3. The molecule has 1 saturated heterocycles. The fourth-order valence-corrected chi connectivity index (χ4v) is 3.44. The number of urea groups is 1. The Kier molecular flexibility index (Phi) is 6.19. The molecule has 1 heterocycles. The van der Waals surface area contributed by atoms with Crippen LogP contribution in [-0.2, 0) is 4.79 Å². The van der Waals surface area contributed by atoms with Gasteiger partial charge in [-0.3, -0.25) is 4.79 Å². The molecule has 1 atom stereocenters. The number of rotatable bonds is 5. The number of nitrogens with one attached hydrogen (secondary N) is 2. The highest BCUT2D eigenvalue weighted by Gasteiger charge is 2.34. The monoisotopic (exact) mass is 381 g/mol. The van der Waals surface area contributed by atoms with Crippen molar-refractivity contribution >= 4 is 17.6 Å². The number of methoxy groups -OCH3 is 1. The first-order valence-electron chi connectivity index (χ1n) is 9.61. The van der Waals surface area contributed by atoms with Crippen molar-refractivity contribution in [1.82, 2.24) is 10.2 Å². The van der Waals surface area contributed by atoms with Gasteiger partial charge in [0.15, 0.2) is 0 Å². The fraction of sp³-hybridized carbons (Fsp3) is 0.364. The predicted molar refractivity (Wildman–Crippen MR) is 110 cm³/mol. The van der Waals surface area contributed by atoms with E-state index in [2.05, 4.69) is 10.6 Å². The van der Waals surface area contributed by atoms with E-state index in [4.69, 9.17) is 4.74 Å². The molecule has 1 unspecified atom stereocenters. The van der Waals surface area contributed by atoms with E-state index in [1.54, 1.807) is 12.0 Å². The van der Waals surface area contributed by atoms with Crippen LogP contribution in [0.15, 0.2) is 48.5 Å². The third-order valence-electron chi connectivity index (χ3n) is 4.81. The molecule has 3 amide bonds. The second-order valence-electron chi connectivity index (χ2n) is 7.22. The van der Waals surface area contributed by atoms with Crippen molar-refractivity contribution in [2.75, 3.05) is 19.0 Å². The van der Waals surface area contributed by atoms with E-state index in [0.717, 1.165) is 29.0 Å². The molecule has 0 radical (unpaired) electrons. The summed E-state index contributed by atoms with van der Waals surface area (Å²) in [6.07, 6.45) is 1.49. The number of nitrogens with zero attached hydrogens (tertiary/aromatic N) is 1. The van der Waals surface area contributed by atoms with Crippen molar-refractivity contribution in [3.8, 4) is 16.9 Å². The smallest absolute Gasteiger partial charge is 0.318 e. The van der Waals surface area contributed by atoms with Gasteiger partial charge in [-0.1, -0.05) is 30.3 Å². The van der Waals surface area contributed by atoms with E-state index in [1.807, 2.05) is 62.4 Å². The molecular formula is C22H27N3O3. The fourth-order valence-electron chi connectivity index (χ4n) is 3.44. The van der Waals surface area contributed by atoms with E-state index < -0.39 is 6.04 Å². The van der Waals surface area contributed by atoms with Gasteiger partial charge < -0.3 is 20.3 Å². The van der Waals surface area contributed by atoms with Crippen LogP contribution in [0.25, 0.3) is 11.1 Å². The van der Waals surface area contributed by atoms with E-state index >= 15 is 0 Å². The summed E-state index contributed by atoms with van der Waals surface area (Å²) in [5, 5.41) is 5.90. The normalized spacial score (nSPS) is 16.1. The third kappa shape index (κ3) is 4.44. The van der Waals surface area contributed by atoms with Gasteiger partial charge in [-0.15, -0.1) is 0 Å². The lowest BCUT2D eigenvalue weighted by atomic mass is 10.0. The van der Waals surface area contributed by atoms with Crippen molar-refractivity contribution < 1.29 is 14.3 Å². The average molecular weight is 381 g/mol. The van der Waals surface area contributed by atoms with Crippen LogP contribution in [0, 0.1) is 0 Å². The summed E-state index contributed by atoms with van der Waals surface area (Å²) in [6.45, 7) is 4.42. The maximum absolute atomic E-state index is 12.9. The van der Waals surface area contributed by atoms with E-state index in [9.17, 15) is 9.59 Å². The molecule has 28 heavy (non-hydrogen) atoms. The lowest BCUT2D eigenvalue weighted by Crippen LogP contribution is -2.49. The molecule has 1 aliphatic heterocycles. The Hall–Kier alpha value is -3.02. The number of benzene rings is 2. The molecule has 6 nitrogen and oxygen atoms in total. The van der Waals surface area contributed by atoms with Crippen molar-refractivity contribution in [2.45, 2.75) is 38.8 Å². The van der Waals surface area contributed by atoms with E-state index in [0.29, 0.717) is 13.0 Å². The van der Waals surface area contributed by atoms with Crippen LogP contribution in [0.5, 0.6) is 5.75 Å². The molecule has 0 aliphatic carbocycles. The lowest BCUT2D eigenvalue weighted by molar-refractivity contribution is -0.119. The minimum absolute atomic E-state index is 0.0348. The van der Waals surface area contributed by atoms with Crippen LogP contribution in [0.2, 0.25) is 0 Å². The van der Waals surface area contributed by atoms with Crippen LogP contribution in [0.1, 0.15) is 26.7 Å². The zero-order valence-electron chi connectivity index (χ0n) is 16.6. The van der Waals surface area contributed by atoms with Gasteiger partial charge in [-0.25, -0.2) is 4.79 Å². The molecule has 6 heteroatoms. The highest BCUT2D eigenvalue weighted by molar-refractivity contribution is 6.00. The number of carbonyl (C=O) groups is 2. The number of likely N-dealkylation sites (tertiary alicyclic amines) is 1. The van der Waals surface area contributed by atoms with Gasteiger partial charge in [0.25, 0.3) is 0 Å². The molecule has 2 aromatic rings. The first-order chi connectivity index (χ1) is 13.5. The van der Waals surface area contributed by atoms with Gasteiger partial charge >= 0.3 is 6.03 Å². The summed E-state index contributed by atoms with van der Waals surface area (Å²) in [4.78, 5) is 27.0. The molecule has 0 spiro atoms. The quantitative estimate of drug-likeness (QED) is 0.826. The Labute approximate surface area is 165 Å². The summed E-state index contributed by atoms with van der Waals surface area (Å²) >= 11 is 0. The van der Waals surface area contributed by atoms with Crippen LogP contribution < -0.4 is 15.4 Å². The zero-order chi connectivity index (χ0) is 20.1. The average Bonchev–Trinajstić information content (AvgIpc) is 3.18. The highest BCUT2D eigenvalue weighted by atomic mass is 16.5. The predicted octanol–water partition coefficient (Wildman–Crippen LogP) is 3.88. The summed E-state index contributed by atoms with van der Waals surface area (Å²) in [7, 11) is 1.63. The Morgan fingerprint density at radius 1 is 1.11 bits per heavy atom. The number of ether oxygens (including phenoxy) is 1. The summed E-state index contributed by atoms with van der Waals surface area (Å²) in [5.74, 6) is 0.625. The molecular weight excluding hydrogens is 354 g/mol. The van der Waals surface area contributed by atoms with Gasteiger partial charge in [0.2, 0.25) is 5.91 Å². The van der Waals surface area contributed by atoms with Gasteiger partial charge in [-0.05, 0) is 50.5 Å². The molecule has 1 fully saturated rings. The summed E-state index contributed by atoms with van der Waals surface area (Å²) in [6, 6.07) is 14.8. The Balaban J connectivity index is 1.78. The SMILES string of the molecule is COc1ccc(-c2ccccc2NC(=O)C2CCCN2C(=O)NC(C)C)cc1. The Morgan fingerprint density at radius 2 is 1.82 bits per heavy atom. The first-order valence-corrected chi connectivity index (χ1v) is 9.61. The highest BCUT2D eigenvalue weighted by Crippen LogP contribution is 2.30. The molecule has 3 rings (SSSR count). The maximum atomic E-state index is 12.9. The number of amides is 3. The minimum atomic E-state index is -0.456. The van der Waals surface area contributed by atoms with Crippen molar-refractivity contribution in [2.24, 2.45) is 0 Å². The van der Waals surface area contributed by atoms with Crippen LogP contribution in [-0.4, -0.2) is 42.6 Å². The maximum Gasteiger partial charge on any atom is 0.318 e. The third-order valence-corrected chi connectivity index (χ3v) is 4.81. The number of para-hydroxylation sites is 1. The number of anilines is 1. The molecule has 1 aliphatic rings. The van der Waals surface area contributed by atoms with Gasteiger partial charge in [0.1, 0.15) is 11.8 Å². The number of carbonyl (C=O) groups excluding carboxylic acids is 2. The Bertz CT molecular complexity index is 833. The van der Waals surface area contributed by atoms with Crippen LogP contribution in [0.3, 0.4) is 0 Å². The van der Waals surface area contributed by atoms with Gasteiger partial charge in [-0.2, -0.15) is 0 Å².